The van der Waals surface area contributed by atoms with Gasteiger partial charge in [0.25, 0.3) is 0 Å². The van der Waals surface area contributed by atoms with Gasteiger partial charge >= 0.3 is 5.97 Å². The Labute approximate surface area is 148 Å². The molecular formula is C19H37N3O2. The summed E-state index contributed by atoms with van der Waals surface area (Å²) in [7, 11) is 2.22. The fraction of sp³-hybridized carbons (Fsp3) is 0.947. The van der Waals surface area contributed by atoms with Gasteiger partial charge in [0.15, 0.2) is 0 Å². The van der Waals surface area contributed by atoms with Crippen LogP contribution in [0.25, 0.3) is 0 Å². The molecule has 0 bridgehead atoms. The zero-order valence-electron chi connectivity index (χ0n) is 15.8. The van der Waals surface area contributed by atoms with Gasteiger partial charge in [-0.3, -0.25) is 9.69 Å². The highest BCUT2D eigenvalue weighted by Gasteiger charge is 2.26. The maximum Gasteiger partial charge on any atom is 0.307 e. The van der Waals surface area contributed by atoms with Crippen molar-refractivity contribution in [3.8, 4) is 0 Å². The van der Waals surface area contributed by atoms with E-state index in [1.54, 1.807) is 0 Å². The van der Waals surface area contributed by atoms with Crippen LogP contribution in [-0.4, -0.2) is 86.2 Å². The minimum absolute atomic E-state index is 0.0238. The molecule has 2 rings (SSSR count). The summed E-state index contributed by atoms with van der Waals surface area (Å²) in [5.74, 6) is -0.0238. The van der Waals surface area contributed by atoms with Crippen LogP contribution in [0.3, 0.4) is 0 Å². The van der Waals surface area contributed by atoms with Gasteiger partial charge in [0, 0.05) is 38.8 Å². The van der Waals surface area contributed by atoms with Crippen molar-refractivity contribution in [2.45, 2.75) is 57.9 Å². The number of rotatable bonds is 9. The number of hydrogen-bond donors (Lipinski definition) is 0. The summed E-state index contributed by atoms with van der Waals surface area (Å²) in [4.78, 5) is 19.3. The van der Waals surface area contributed by atoms with Gasteiger partial charge in [-0.1, -0.05) is 26.2 Å². The quantitative estimate of drug-likeness (QED) is 0.475. The molecule has 2 heterocycles. The number of ether oxygens (including phenoxy) is 1. The monoisotopic (exact) mass is 339 g/mol. The van der Waals surface area contributed by atoms with Crippen LogP contribution in [0.2, 0.25) is 0 Å². The second-order valence-electron chi connectivity index (χ2n) is 7.44. The normalized spacial score (nSPS) is 21.9. The van der Waals surface area contributed by atoms with Crippen LogP contribution in [0.1, 0.15) is 51.9 Å². The molecule has 0 aromatic carbocycles. The van der Waals surface area contributed by atoms with Crippen LogP contribution in [-0.2, 0) is 9.53 Å². The van der Waals surface area contributed by atoms with Gasteiger partial charge in [0.1, 0.15) is 0 Å². The van der Waals surface area contributed by atoms with Gasteiger partial charge in [-0.25, -0.2) is 0 Å². The van der Waals surface area contributed by atoms with Crippen LogP contribution >= 0.6 is 0 Å². The van der Waals surface area contributed by atoms with Crippen molar-refractivity contribution in [2.75, 3.05) is 59.5 Å². The number of carbonyl (C=O) groups is 1. The first kappa shape index (κ1) is 19.7. The fourth-order valence-corrected chi connectivity index (χ4v) is 3.75. The lowest BCUT2D eigenvalue weighted by Gasteiger charge is -2.42. The van der Waals surface area contributed by atoms with E-state index in [1.807, 2.05) is 0 Å². The van der Waals surface area contributed by atoms with E-state index in [2.05, 4.69) is 28.7 Å². The standard InChI is InChI=1S/C19H37N3O2/c1-3-4-5-6-17-24-19(23)9-12-21-13-15-22(16-14-21)18-7-10-20(2)11-8-18/h18H,3-17H2,1-2H3. The summed E-state index contributed by atoms with van der Waals surface area (Å²) in [5.41, 5.74) is 0. The van der Waals surface area contributed by atoms with Crippen molar-refractivity contribution in [2.24, 2.45) is 0 Å². The van der Waals surface area contributed by atoms with E-state index in [0.29, 0.717) is 13.0 Å². The van der Waals surface area contributed by atoms with E-state index < -0.39 is 0 Å². The molecule has 2 fully saturated rings. The molecule has 0 aromatic heterocycles. The van der Waals surface area contributed by atoms with E-state index in [9.17, 15) is 4.79 Å². The van der Waals surface area contributed by atoms with Gasteiger partial charge in [0.05, 0.1) is 13.0 Å². The fourth-order valence-electron chi connectivity index (χ4n) is 3.75. The maximum atomic E-state index is 11.8. The second-order valence-corrected chi connectivity index (χ2v) is 7.44. The van der Waals surface area contributed by atoms with E-state index in [-0.39, 0.29) is 5.97 Å². The molecule has 0 saturated carbocycles. The predicted molar refractivity (Wildman–Crippen MR) is 98.3 cm³/mol. The van der Waals surface area contributed by atoms with Crippen LogP contribution in [0.4, 0.5) is 0 Å². The first-order valence-corrected chi connectivity index (χ1v) is 9.99. The Bertz CT molecular complexity index is 349. The molecule has 0 N–H and O–H groups in total. The summed E-state index contributed by atoms with van der Waals surface area (Å²) in [6.45, 7) is 10.6. The Hall–Kier alpha value is -0.650. The topological polar surface area (TPSA) is 36.0 Å². The molecular weight excluding hydrogens is 302 g/mol. The largest absolute Gasteiger partial charge is 0.466 e. The first-order valence-electron chi connectivity index (χ1n) is 9.99. The Morgan fingerprint density at radius 1 is 1.00 bits per heavy atom. The van der Waals surface area contributed by atoms with Crippen molar-refractivity contribution in [1.29, 1.82) is 0 Å². The van der Waals surface area contributed by atoms with Crippen molar-refractivity contribution < 1.29 is 9.53 Å². The van der Waals surface area contributed by atoms with E-state index in [4.69, 9.17) is 4.74 Å². The number of carbonyl (C=O) groups excluding carboxylic acids is 1. The molecule has 5 nitrogen and oxygen atoms in total. The average molecular weight is 340 g/mol. The van der Waals surface area contributed by atoms with Crippen LogP contribution in [0.5, 0.6) is 0 Å². The predicted octanol–water partition coefficient (Wildman–Crippen LogP) is 2.21. The lowest BCUT2D eigenvalue weighted by atomic mass is 10.0. The molecule has 0 aliphatic carbocycles. The lowest BCUT2D eigenvalue weighted by molar-refractivity contribution is -0.144. The molecule has 2 aliphatic rings. The minimum Gasteiger partial charge on any atom is -0.466 e. The van der Waals surface area contributed by atoms with Crippen molar-refractivity contribution in [3.63, 3.8) is 0 Å². The molecule has 2 aliphatic heterocycles. The summed E-state index contributed by atoms with van der Waals surface area (Å²) in [6, 6.07) is 0.774. The van der Waals surface area contributed by atoms with Crippen LogP contribution in [0, 0.1) is 0 Å². The molecule has 0 radical (unpaired) electrons. The van der Waals surface area contributed by atoms with Gasteiger partial charge in [-0.15, -0.1) is 0 Å². The Balaban J connectivity index is 1.52. The highest BCUT2D eigenvalue weighted by Crippen LogP contribution is 2.17. The van der Waals surface area contributed by atoms with Crippen molar-refractivity contribution >= 4 is 5.97 Å². The third-order valence-electron chi connectivity index (χ3n) is 5.50. The summed E-state index contributed by atoms with van der Waals surface area (Å²) >= 11 is 0. The third-order valence-corrected chi connectivity index (χ3v) is 5.50. The van der Waals surface area contributed by atoms with Gasteiger partial charge in [-0.2, -0.15) is 0 Å². The van der Waals surface area contributed by atoms with Gasteiger partial charge < -0.3 is 14.5 Å². The number of esters is 1. The van der Waals surface area contributed by atoms with Crippen molar-refractivity contribution in [1.82, 2.24) is 14.7 Å². The highest BCUT2D eigenvalue weighted by atomic mass is 16.5. The third kappa shape index (κ3) is 7.08. The first-order chi connectivity index (χ1) is 11.7. The van der Waals surface area contributed by atoms with E-state index in [1.165, 1.54) is 45.2 Å². The van der Waals surface area contributed by atoms with Gasteiger partial charge in [-0.05, 0) is 39.4 Å². The van der Waals surface area contributed by atoms with Crippen LogP contribution in [0.15, 0.2) is 0 Å². The number of nitrogens with zero attached hydrogens (tertiary/aromatic N) is 3. The number of piperazine rings is 1. The molecule has 2 saturated heterocycles. The highest BCUT2D eigenvalue weighted by molar-refractivity contribution is 5.69. The molecule has 140 valence electrons. The number of likely N-dealkylation sites (tertiary alicyclic amines) is 1. The molecule has 24 heavy (non-hydrogen) atoms. The molecule has 0 unspecified atom stereocenters. The van der Waals surface area contributed by atoms with E-state index >= 15 is 0 Å². The molecule has 5 heteroatoms. The zero-order valence-corrected chi connectivity index (χ0v) is 15.8. The molecule has 0 atom stereocenters. The maximum absolute atomic E-state index is 11.8. The minimum atomic E-state index is -0.0238. The molecule has 0 aromatic rings. The smallest absolute Gasteiger partial charge is 0.307 e. The van der Waals surface area contributed by atoms with E-state index in [0.717, 1.165) is 45.2 Å². The number of piperidine rings is 1. The van der Waals surface area contributed by atoms with Gasteiger partial charge in [0.2, 0.25) is 0 Å². The summed E-state index contributed by atoms with van der Waals surface area (Å²) in [6.07, 6.45) is 7.79. The Kier molecular flexibility index (Phi) is 9.07. The second kappa shape index (κ2) is 11.1. The Morgan fingerprint density at radius 2 is 1.71 bits per heavy atom. The lowest BCUT2D eigenvalue weighted by Crippen LogP contribution is -2.53. The Morgan fingerprint density at radius 3 is 2.38 bits per heavy atom. The number of hydrogen-bond acceptors (Lipinski definition) is 5. The summed E-state index contributed by atoms with van der Waals surface area (Å²) in [5, 5.41) is 0. The zero-order chi connectivity index (χ0) is 17.2. The van der Waals surface area contributed by atoms with Crippen LogP contribution < -0.4 is 0 Å². The molecule has 0 spiro atoms. The SMILES string of the molecule is CCCCCCOC(=O)CCN1CCN(C2CCN(C)CC2)CC1. The number of unbranched alkanes of at least 4 members (excludes halogenated alkanes) is 3. The van der Waals surface area contributed by atoms with Crippen molar-refractivity contribution in [3.05, 3.63) is 0 Å². The average Bonchev–Trinajstić information content (AvgIpc) is 2.61. The molecule has 0 amide bonds. The summed E-state index contributed by atoms with van der Waals surface area (Å²) < 4.78 is 5.33.